The zero-order valence-electron chi connectivity index (χ0n) is 5.41. The SMILES string of the molecule is O=C(c1ncco1)C1CC1. The van der Waals surface area contributed by atoms with Crippen LogP contribution in [0.4, 0.5) is 0 Å². The Bertz CT molecular complexity index is 236. The van der Waals surface area contributed by atoms with E-state index in [1.807, 2.05) is 0 Å². The molecule has 0 spiro atoms. The average Bonchev–Trinajstić information content (AvgIpc) is 2.65. The number of carbonyl (C=O) groups is 1. The average molecular weight is 137 g/mol. The van der Waals surface area contributed by atoms with Crippen molar-refractivity contribution < 1.29 is 9.21 Å². The molecule has 0 aromatic carbocycles. The van der Waals surface area contributed by atoms with E-state index in [0.29, 0.717) is 0 Å². The first-order valence-electron chi connectivity index (χ1n) is 3.31. The Morgan fingerprint density at radius 3 is 3.00 bits per heavy atom. The lowest BCUT2D eigenvalue weighted by molar-refractivity contribution is 0.0933. The molecule has 0 amide bonds. The zero-order valence-corrected chi connectivity index (χ0v) is 5.41. The lowest BCUT2D eigenvalue weighted by Crippen LogP contribution is -2.00. The van der Waals surface area contributed by atoms with Gasteiger partial charge in [-0.25, -0.2) is 4.98 Å². The third kappa shape index (κ3) is 0.835. The van der Waals surface area contributed by atoms with Gasteiger partial charge in [-0.2, -0.15) is 0 Å². The van der Waals surface area contributed by atoms with Gasteiger partial charge >= 0.3 is 0 Å². The number of aromatic nitrogens is 1. The molecule has 2 rings (SSSR count). The molecular weight excluding hydrogens is 130 g/mol. The van der Waals surface area contributed by atoms with Crippen LogP contribution >= 0.6 is 0 Å². The van der Waals surface area contributed by atoms with E-state index in [1.54, 1.807) is 0 Å². The van der Waals surface area contributed by atoms with Gasteiger partial charge in [-0.05, 0) is 12.8 Å². The van der Waals surface area contributed by atoms with Gasteiger partial charge in [0.1, 0.15) is 6.26 Å². The maximum absolute atomic E-state index is 11.1. The quantitative estimate of drug-likeness (QED) is 0.576. The molecule has 0 N–H and O–H groups in total. The van der Waals surface area contributed by atoms with Gasteiger partial charge in [0, 0.05) is 5.92 Å². The summed E-state index contributed by atoms with van der Waals surface area (Å²) in [6.45, 7) is 0. The van der Waals surface area contributed by atoms with Crippen molar-refractivity contribution in [2.24, 2.45) is 5.92 Å². The summed E-state index contributed by atoms with van der Waals surface area (Å²) < 4.78 is 4.84. The van der Waals surface area contributed by atoms with Gasteiger partial charge in [0.2, 0.25) is 5.78 Å². The third-order valence-electron chi connectivity index (χ3n) is 1.59. The first-order chi connectivity index (χ1) is 4.88. The fraction of sp³-hybridized carbons (Fsp3) is 0.429. The van der Waals surface area contributed by atoms with Crippen LogP contribution in [-0.2, 0) is 0 Å². The van der Waals surface area contributed by atoms with Crippen LogP contribution < -0.4 is 0 Å². The number of nitrogens with zero attached hydrogens (tertiary/aromatic N) is 1. The molecule has 1 aliphatic carbocycles. The normalized spacial score (nSPS) is 17.2. The number of hydrogen-bond acceptors (Lipinski definition) is 3. The van der Waals surface area contributed by atoms with Crippen molar-refractivity contribution in [1.29, 1.82) is 0 Å². The Morgan fingerprint density at radius 2 is 2.50 bits per heavy atom. The van der Waals surface area contributed by atoms with Gasteiger partial charge in [-0.1, -0.05) is 0 Å². The van der Waals surface area contributed by atoms with Crippen molar-refractivity contribution in [2.45, 2.75) is 12.8 Å². The summed E-state index contributed by atoms with van der Waals surface area (Å²) in [6, 6.07) is 0. The topological polar surface area (TPSA) is 43.1 Å². The van der Waals surface area contributed by atoms with E-state index in [1.165, 1.54) is 12.5 Å². The van der Waals surface area contributed by atoms with E-state index < -0.39 is 0 Å². The highest BCUT2D eigenvalue weighted by atomic mass is 16.3. The fourth-order valence-electron chi connectivity index (χ4n) is 0.865. The Hall–Kier alpha value is -1.12. The molecule has 1 saturated carbocycles. The molecule has 52 valence electrons. The van der Waals surface area contributed by atoms with Crippen molar-refractivity contribution in [2.75, 3.05) is 0 Å². The highest BCUT2D eigenvalue weighted by Gasteiger charge is 2.32. The van der Waals surface area contributed by atoms with E-state index in [-0.39, 0.29) is 17.6 Å². The van der Waals surface area contributed by atoms with Crippen molar-refractivity contribution >= 4 is 5.78 Å². The monoisotopic (exact) mass is 137 g/mol. The van der Waals surface area contributed by atoms with Crippen molar-refractivity contribution in [3.63, 3.8) is 0 Å². The highest BCUT2D eigenvalue weighted by Crippen LogP contribution is 2.31. The number of hydrogen-bond donors (Lipinski definition) is 0. The van der Waals surface area contributed by atoms with E-state index in [2.05, 4.69) is 4.98 Å². The van der Waals surface area contributed by atoms with E-state index >= 15 is 0 Å². The highest BCUT2D eigenvalue weighted by molar-refractivity contribution is 5.95. The molecule has 3 nitrogen and oxygen atoms in total. The molecule has 3 heteroatoms. The van der Waals surface area contributed by atoms with Crippen LogP contribution in [0.2, 0.25) is 0 Å². The van der Waals surface area contributed by atoms with Crippen LogP contribution in [-0.4, -0.2) is 10.8 Å². The van der Waals surface area contributed by atoms with Crippen LogP contribution in [0.1, 0.15) is 23.5 Å². The van der Waals surface area contributed by atoms with Crippen LogP contribution in [0.15, 0.2) is 16.9 Å². The molecule has 0 radical (unpaired) electrons. The Kier molecular flexibility index (Phi) is 1.09. The molecule has 1 heterocycles. The summed E-state index contributed by atoms with van der Waals surface area (Å²) in [5.41, 5.74) is 0. The molecule has 0 atom stereocenters. The maximum Gasteiger partial charge on any atom is 0.263 e. The first-order valence-corrected chi connectivity index (χ1v) is 3.31. The molecule has 0 bridgehead atoms. The van der Waals surface area contributed by atoms with Gasteiger partial charge in [-0.15, -0.1) is 0 Å². The molecule has 1 fully saturated rings. The van der Waals surface area contributed by atoms with Gasteiger partial charge in [-0.3, -0.25) is 4.79 Å². The third-order valence-corrected chi connectivity index (χ3v) is 1.59. The van der Waals surface area contributed by atoms with E-state index in [0.717, 1.165) is 12.8 Å². The van der Waals surface area contributed by atoms with Crippen molar-refractivity contribution in [3.05, 3.63) is 18.4 Å². The summed E-state index contributed by atoms with van der Waals surface area (Å²) in [6.07, 6.45) is 4.92. The molecule has 10 heavy (non-hydrogen) atoms. The lowest BCUT2D eigenvalue weighted by atomic mass is 10.3. The predicted octanol–water partition coefficient (Wildman–Crippen LogP) is 1.27. The number of rotatable bonds is 2. The van der Waals surface area contributed by atoms with Crippen LogP contribution in [0.3, 0.4) is 0 Å². The lowest BCUT2D eigenvalue weighted by Gasteiger charge is -1.86. The molecule has 1 aromatic rings. The molecular formula is C7H7NO2. The second kappa shape index (κ2) is 1.94. The van der Waals surface area contributed by atoms with Crippen LogP contribution in [0.25, 0.3) is 0 Å². The van der Waals surface area contributed by atoms with Crippen molar-refractivity contribution in [3.8, 4) is 0 Å². The standard InChI is InChI=1S/C7H7NO2/c9-6(5-1-2-5)7-8-3-4-10-7/h3-5H,1-2H2. The Balaban J connectivity index is 2.19. The molecule has 0 saturated heterocycles. The van der Waals surface area contributed by atoms with Crippen LogP contribution in [0, 0.1) is 5.92 Å². The van der Waals surface area contributed by atoms with Gasteiger partial charge < -0.3 is 4.42 Å². The number of oxazole rings is 1. The number of carbonyl (C=O) groups excluding carboxylic acids is 1. The zero-order chi connectivity index (χ0) is 6.97. The van der Waals surface area contributed by atoms with Gasteiger partial charge in [0.05, 0.1) is 6.20 Å². The van der Waals surface area contributed by atoms with Gasteiger partial charge in [0.15, 0.2) is 0 Å². The second-order valence-electron chi connectivity index (χ2n) is 2.48. The summed E-state index contributed by atoms with van der Waals surface area (Å²) in [5.74, 6) is 0.533. The molecule has 0 aliphatic heterocycles. The molecule has 1 aliphatic rings. The van der Waals surface area contributed by atoms with E-state index in [4.69, 9.17) is 4.42 Å². The molecule has 0 unspecified atom stereocenters. The minimum Gasteiger partial charge on any atom is -0.442 e. The summed E-state index contributed by atoms with van der Waals surface area (Å²) >= 11 is 0. The first kappa shape index (κ1) is 5.65. The molecule has 1 aromatic heterocycles. The van der Waals surface area contributed by atoms with Gasteiger partial charge in [0.25, 0.3) is 5.89 Å². The second-order valence-corrected chi connectivity index (χ2v) is 2.48. The summed E-state index contributed by atoms with van der Waals surface area (Å²) in [5, 5.41) is 0. The fourth-order valence-corrected chi connectivity index (χ4v) is 0.865. The smallest absolute Gasteiger partial charge is 0.263 e. The predicted molar refractivity (Wildman–Crippen MR) is 33.6 cm³/mol. The number of Topliss-reactive ketones (excluding diaryl/α,β-unsaturated/α-hetero) is 1. The maximum atomic E-state index is 11.1. The van der Waals surface area contributed by atoms with E-state index in [9.17, 15) is 4.79 Å². The summed E-state index contributed by atoms with van der Waals surface area (Å²) in [7, 11) is 0. The largest absolute Gasteiger partial charge is 0.442 e. The van der Waals surface area contributed by atoms with Crippen molar-refractivity contribution in [1.82, 2.24) is 4.98 Å². The minimum absolute atomic E-state index is 0.0602. The summed E-state index contributed by atoms with van der Waals surface area (Å²) in [4.78, 5) is 14.9. The van der Waals surface area contributed by atoms with Crippen LogP contribution in [0.5, 0.6) is 0 Å². The Labute approximate surface area is 58.1 Å². The minimum atomic E-state index is 0.0602. The number of ketones is 1. The Morgan fingerprint density at radius 1 is 1.70 bits per heavy atom.